The van der Waals surface area contributed by atoms with E-state index in [9.17, 15) is 8.42 Å². The molecule has 2 aromatic rings. The number of rotatable bonds is 3. The summed E-state index contributed by atoms with van der Waals surface area (Å²) >= 11 is 15.8. The highest BCUT2D eigenvalue weighted by molar-refractivity contribution is 9.11. The van der Waals surface area contributed by atoms with E-state index >= 15 is 0 Å². The normalized spacial score (nSPS) is 11.5. The molecule has 0 aliphatic heterocycles. The van der Waals surface area contributed by atoms with E-state index in [-0.39, 0.29) is 4.90 Å². The van der Waals surface area contributed by atoms with E-state index in [1.165, 1.54) is 0 Å². The highest BCUT2D eigenvalue weighted by Crippen LogP contribution is 2.32. The molecule has 0 fully saturated rings. The second-order valence-corrected chi connectivity index (χ2v) is 8.91. The van der Waals surface area contributed by atoms with Gasteiger partial charge in [0.05, 0.1) is 5.69 Å². The van der Waals surface area contributed by atoms with Crippen molar-refractivity contribution in [1.82, 2.24) is 0 Å². The van der Waals surface area contributed by atoms with Crippen molar-refractivity contribution in [1.29, 1.82) is 0 Å². The summed E-state index contributed by atoms with van der Waals surface area (Å²) in [6.45, 7) is 1.88. The van der Waals surface area contributed by atoms with Gasteiger partial charge >= 0.3 is 0 Å². The molecule has 0 unspecified atom stereocenters. The summed E-state index contributed by atoms with van der Waals surface area (Å²) in [6.07, 6.45) is 0. The first kappa shape index (κ1) is 17.3. The molecule has 0 amide bonds. The Bertz CT molecular complexity index is 809. The molecule has 8 heteroatoms. The first-order valence-electron chi connectivity index (χ1n) is 5.64. The van der Waals surface area contributed by atoms with Crippen LogP contribution >= 0.6 is 59.4 Å². The van der Waals surface area contributed by atoms with Gasteiger partial charge in [-0.1, -0.05) is 27.5 Å². The lowest BCUT2D eigenvalue weighted by Crippen LogP contribution is -2.14. The van der Waals surface area contributed by atoms with Gasteiger partial charge in [0.1, 0.15) is 4.90 Å². The van der Waals surface area contributed by atoms with Gasteiger partial charge in [-0.25, -0.2) is 8.42 Å². The van der Waals surface area contributed by atoms with Gasteiger partial charge in [0.2, 0.25) is 0 Å². The predicted octanol–water partition coefficient (Wildman–Crippen LogP) is 5.74. The maximum atomic E-state index is 12.5. The third-order valence-electron chi connectivity index (χ3n) is 2.68. The molecule has 2 rings (SSSR count). The fourth-order valence-corrected chi connectivity index (χ4v) is 5.01. The molecule has 3 nitrogen and oxygen atoms in total. The number of hydrogen-bond acceptors (Lipinski definition) is 2. The molecule has 0 radical (unpaired) electrons. The minimum absolute atomic E-state index is 0.145. The van der Waals surface area contributed by atoms with E-state index in [0.29, 0.717) is 19.7 Å². The lowest BCUT2D eigenvalue weighted by Gasteiger charge is -2.12. The van der Waals surface area contributed by atoms with E-state index in [2.05, 4.69) is 52.5 Å². The van der Waals surface area contributed by atoms with Gasteiger partial charge < -0.3 is 0 Å². The van der Waals surface area contributed by atoms with Crippen molar-refractivity contribution < 1.29 is 8.42 Å². The fraction of sp³-hybridized carbons (Fsp3) is 0.0769. The summed E-state index contributed by atoms with van der Waals surface area (Å²) in [4.78, 5) is 0.145. The minimum Gasteiger partial charge on any atom is -0.278 e. The molecule has 21 heavy (non-hydrogen) atoms. The van der Waals surface area contributed by atoms with E-state index in [1.54, 1.807) is 30.3 Å². The number of halogens is 4. The van der Waals surface area contributed by atoms with E-state index in [0.717, 1.165) is 10.0 Å². The average molecular weight is 518 g/mol. The monoisotopic (exact) mass is 515 g/mol. The average Bonchev–Trinajstić information content (AvgIpc) is 2.37. The van der Waals surface area contributed by atoms with Crippen LogP contribution in [0.3, 0.4) is 0 Å². The summed E-state index contributed by atoms with van der Waals surface area (Å²) in [5.41, 5.74) is 1.32. The Morgan fingerprint density at radius 1 is 1.00 bits per heavy atom. The highest BCUT2D eigenvalue weighted by Gasteiger charge is 2.20. The van der Waals surface area contributed by atoms with Crippen molar-refractivity contribution in [2.75, 3.05) is 4.72 Å². The highest BCUT2D eigenvalue weighted by atomic mass is 79.9. The molecule has 0 aliphatic carbocycles. The van der Waals surface area contributed by atoms with Crippen LogP contribution < -0.4 is 4.72 Å². The van der Waals surface area contributed by atoms with Gasteiger partial charge in [-0.3, -0.25) is 4.72 Å². The Kier molecular flexibility index (Phi) is 5.41. The van der Waals surface area contributed by atoms with Gasteiger partial charge in [0.25, 0.3) is 10.0 Å². The molecular weight excluding hydrogens is 509 g/mol. The molecule has 0 aliphatic rings. The van der Waals surface area contributed by atoms with Gasteiger partial charge in [-0.05, 0) is 74.7 Å². The zero-order valence-electron chi connectivity index (χ0n) is 10.6. The molecule has 0 heterocycles. The van der Waals surface area contributed by atoms with Crippen LogP contribution in [-0.4, -0.2) is 8.42 Å². The van der Waals surface area contributed by atoms with Crippen LogP contribution in [0.25, 0.3) is 0 Å². The number of hydrogen-bond donors (Lipinski definition) is 1. The second kappa shape index (κ2) is 6.58. The smallest absolute Gasteiger partial charge is 0.263 e. The molecule has 1 N–H and O–H groups in total. The fourth-order valence-electron chi connectivity index (χ4n) is 1.61. The zero-order chi connectivity index (χ0) is 15.8. The molecule has 0 aromatic heterocycles. The maximum Gasteiger partial charge on any atom is 0.263 e. The summed E-state index contributed by atoms with van der Waals surface area (Å²) in [7, 11) is -3.74. The summed E-state index contributed by atoms with van der Waals surface area (Å²) < 4.78 is 29.4. The topological polar surface area (TPSA) is 46.2 Å². The molecule has 2 aromatic carbocycles. The van der Waals surface area contributed by atoms with Crippen LogP contribution in [0, 0.1) is 6.92 Å². The standard InChI is InChI=1S/C13H9Br3ClNO2S/c1-7-4-11(16)13(6-10(7)15)21(19,20)18-12-5-8(17)2-3-9(12)14/h2-6,18H,1H3. The maximum absolute atomic E-state index is 12.5. The molecule has 0 spiro atoms. The molecular formula is C13H9Br3ClNO2S. The first-order chi connectivity index (χ1) is 9.70. The van der Waals surface area contributed by atoms with Crippen LogP contribution in [0.5, 0.6) is 0 Å². The lowest BCUT2D eigenvalue weighted by atomic mass is 10.2. The Morgan fingerprint density at radius 3 is 2.33 bits per heavy atom. The molecule has 0 atom stereocenters. The SMILES string of the molecule is Cc1cc(Br)c(S(=O)(=O)Nc2cc(Cl)ccc2Br)cc1Br. The van der Waals surface area contributed by atoms with Crippen LogP contribution in [0.1, 0.15) is 5.56 Å². The largest absolute Gasteiger partial charge is 0.278 e. The zero-order valence-corrected chi connectivity index (χ0v) is 17.0. The van der Waals surface area contributed by atoms with Gasteiger partial charge in [0.15, 0.2) is 0 Å². The first-order valence-corrected chi connectivity index (χ1v) is 9.88. The van der Waals surface area contributed by atoms with Crippen molar-refractivity contribution in [3.8, 4) is 0 Å². The Labute approximate surface area is 153 Å². The number of nitrogens with one attached hydrogen (secondary N) is 1. The molecule has 0 saturated heterocycles. The number of aryl methyl sites for hydroxylation is 1. The number of anilines is 1. The Morgan fingerprint density at radius 2 is 1.67 bits per heavy atom. The van der Waals surface area contributed by atoms with Crippen LogP contribution in [0.2, 0.25) is 5.02 Å². The Balaban J connectivity index is 2.48. The van der Waals surface area contributed by atoms with Gasteiger partial charge in [-0.15, -0.1) is 0 Å². The van der Waals surface area contributed by atoms with E-state index in [1.807, 2.05) is 6.92 Å². The van der Waals surface area contributed by atoms with Crippen molar-refractivity contribution in [3.05, 3.63) is 54.3 Å². The van der Waals surface area contributed by atoms with E-state index < -0.39 is 10.0 Å². The third-order valence-corrected chi connectivity index (χ3v) is 6.78. The van der Waals surface area contributed by atoms with Gasteiger partial charge in [0, 0.05) is 18.4 Å². The molecule has 0 saturated carbocycles. The van der Waals surface area contributed by atoms with Crippen LogP contribution in [0.4, 0.5) is 5.69 Å². The summed E-state index contributed by atoms with van der Waals surface area (Å²) in [5, 5.41) is 0.444. The molecule has 0 bridgehead atoms. The Hall–Kier alpha value is -0.0800. The van der Waals surface area contributed by atoms with E-state index in [4.69, 9.17) is 11.6 Å². The van der Waals surface area contributed by atoms with Crippen LogP contribution in [0.15, 0.2) is 48.6 Å². The number of sulfonamides is 1. The molecule has 112 valence electrons. The second-order valence-electron chi connectivity index (χ2n) is 4.26. The summed E-state index contributed by atoms with van der Waals surface area (Å²) in [6, 6.07) is 8.19. The van der Waals surface area contributed by atoms with Crippen LogP contribution in [-0.2, 0) is 10.0 Å². The summed E-state index contributed by atoms with van der Waals surface area (Å²) in [5.74, 6) is 0. The quantitative estimate of drug-likeness (QED) is 0.564. The van der Waals surface area contributed by atoms with Crippen molar-refractivity contribution in [2.45, 2.75) is 11.8 Å². The van der Waals surface area contributed by atoms with Crippen molar-refractivity contribution in [3.63, 3.8) is 0 Å². The lowest BCUT2D eigenvalue weighted by molar-refractivity contribution is 0.600. The van der Waals surface area contributed by atoms with Crippen molar-refractivity contribution >= 4 is 75.1 Å². The van der Waals surface area contributed by atoms with Gasteiger partial charge in [-0.2, -0.15) is 0 Å². The van der Waals surface area contributed by atoms with Crippen molar-refractivity contribution in [2.24, 2.45) is 0 Å². The predicted molar refractivity (Wildman–Crippen MR) is 96.5 cm³/mol. The number of benzene rings is 2. The third kappa shape index (κ3) is 4.01. The minimum atomic E-state index is -3.74.